The molecule has 0 heterocycles. The Bertz CT molecular complexity index is 185. The van der Waals surface area contributed by atoms with Gasteiger partial charge in [0.15, 0.2) is 0 Å². The van der Waals surface area contributed by atoms with E-state index in [4.69, 9.17) is 19.3 Å². The Morgan fingerprint density at radius 2 is 1.76 bits per heavy atom. The number of rotatable bonds is 11. The molecule has 0 aromatic carbocycles. The molecule has 0 aliphatic heterocycles. The molecule has 0 amide bonds. The Labute approximate surface area is 102 Å². The second-order valence-corrected chi connectivity index (χ2v) is 3.25. The van der Waals surface area contributed by atoms with Crippen LogP contribution < -0.4 is 0 Å². The van der Waals surface area contributed by atoms with Crippen molar-refractivity contribution >= 4 is 6.16 Å². The first-order valence-corrected chi connectivity index (χ1v) is 5.83. The largest absolute Gasteiger partial charge is 0.505 e. The SMILES string of the molecule is CCOCCOC(CCOCC)COC(=O)O. The molecule has 1 atom stereocenters. The fourth-order valence-electron chi connectivity index (χ4n) is 1.16. The molecular weight excluding hydrogens is 228 g/mol. The third-order valence-electron chi connectivity index (χ3n) is 1.97. The monoisotopic (exact) mass is 250 g/mol. The van der Waals surface area contributed by atoms with E-state index in [9.17, 15) is 4.79 Å². The fourth-order valence-corrected chi connectivity index (χ4v) is 1.16. The minimum atomic E-state index is -1.29. The van der Waals surface area contributed by atoms with Crippen molar-refractivity contribution in [2.45, 2.75) is 26.4 Å². The average molecular weight is 250 g/mol. The summed E-state index contributed by atoms with van der Waals surface area (Å²) in [5.41, 5.74) is 0. The Balaban J connectivity index is 3.71. The standard InChI is InChI=1S/C11H22O6/c1-3-14-6-5-10(9-17-11(12)13)16-8-7-15-4-2/h10H,3-9H2,1-2H3,(H,12,13). The van der Waals surface area contributed by atoms with Gasteiger partial charge in [0.1, 0.15) is 6.61 Å². The maximum atomic E-state index is 10.3. The summed E-state index contributed by atoms with van der Waals surface area (Å²) >= 11 is 0. The van der Waals surface area contributed by atoms with E-state index >= 15 is 0 Å². The van der Waals surface area contributed by atoms with Crippen LogP contribution in [0.3, 0.4) is 0 Å². The fraction of sp³-hybridized carbons (Fsp3) is 0.909. The zero-order valence-corrected chi connectivity index (χ0v) is 10.5. The molecule has 0 radical (unpaired) electrons. The molecule has 6 heteroatoms. The van der Waals surface area contributed by atoms with Crippen molar-refractivity contribution in [3.8, 4) is 0 Å². The number of hydrogen-bond donors (Lipinski definition) is 1. The van der Waals surface area contributed by atoms with Gasteiger partial charge in [-0.3, -0.25) is 0 Å². The molecule has 0 fully saturated rings. The van der Waals surface area contributed by atoms with Gasteiger partial charge in [-0.15, -0.1) is 0 Å². The zero-order chi connectivity index (χ0) is 12.9. The second kappa shape index (κ2) is 11.6. The van der Waals surface area contributed by atoms with E-state index in [0.29, 0.717) is 39.5 Å². The minimum Gasteiger partial charge on any atom is -0.450 e. The Kier molecular flexibility index (Phi) is 11.0. The van der Waals surface area contributed by atoms with E-state index in [2.05, 4.69) is 4.74 Å². The minimum absolute atomic E-state index is 0.0224. The van der Waals surface area contributed by atoms with Crippen LogP contribution in [0.15, 0.2) is 0 Å². The molecule has 1 N–H and O–H groups in total. The predicted octanol–water partition coefficient (Wildman–Crippen LogP) is 1.53. The van der Waals surface area contributed by atoms with Crippen LogP contribution in [0.5, 0.6) is 0 Å². The van der Waals surface area contributed by atoms with Crippen molar-refractivity contribution < 1.29 is 28.8 Å². The van der Waals surface area contributed by atoms with Crippen LogP contribution in [0.1, 0.15) is 20.3 Å². The molecule has 0 rings (SSSR count). The van der Waals surface area contributed by atoms with Crippen LogP contribution in [0.4, 0.5) is 4.79 Å². The molecule has 0 saturated heterocycles. The Morgan fingerprint density at radius 1 is 1.12 bits per heavy atom. The maximum Gasteiger partial charge on any atom is 0.505 e. The normalized spacial score (nSPS) is 12.4. The van der Waals surface area contributed by atoms with Crippen molar-refractivity contribution in [3.05, 3.63) is 0 Å². The quantitative estimate of drug-likeness (QED) is 0.443. The summed E-state index contributed by atoms with van der Waals surface area (Å²) in [5.74, 6) is 0. The van der Waals surface area contributed by atoms with Gasteiger partial charge in [0, 0.05) is 26.2 Å². The van der Waals surface area contributed by atoms with Gasteiger partial charge in [0.25, 0.3) is 0 Å². The smallest absolute Gasteiger partial charge is 0.450 e. The molecule has 0 aliphatic carbocycles. The van der Waals surface area contributed by atoms with E-state index in [0.717, 1.165) is 0 Å². The lowest BCUT2D eigenvalue weighted by Crippen LogP contribution is -2.25. The van der Waals surface area contributed by atoms with Gasteiger partial charge in [-0.1, -0.05) is 0 Å². The number of carbonyl (C=O) groups is 1. The van der Waals surface area contributed by atoms with Crippen molar-refractivity contribution in [2.24, 2.45) is 0 Å². The van der Waals surface area contributed by atoms with E-state index in [-0.39, 0.29) is 12.7 Å². The first-order chi connectivity index (χ1) is 8.20. The maximum absolute atomic E-state index is 10.3. The number of ether oxygens (including phenoxy) is 4. The molecular formula is C11H22O6. The summed E-state index contributed by atoms with van der Waals surface area (Å²) in [4.78, 5) is 10.3. The lowest BCUT2D eigenvalue weighted by Gasteiger charge is -2.17. The highest BCUT2D eigenvalue weighted by Crippen LogP contribution is 2.01. The Morgan fingerprint density at radius 3 is 2.35 bits per heavy atom. The van der Waals surface area contributed by atoms with E-state index in [1.165, 1.54) is 0 Å². The predicted molar refractivity (Wildman–Crippen MR) is 61.3 cm³/mol. The summed E-state index contributed by atoms with van der Waals surface area (Å²) < 4.78 is 20.2. The van der Waals surface area contributed by atoms with Gasteiger partial charge in [-0.05, 0) is 13.8 Å². The van der Waals surface area contributed by atoms with Crippen LogP contribution in [-0.2, 0) is 18.9 Å². The third-order valence-corrected chi connectivity index (χ3v) is 1.97. The van der Waals surface area contributed by atoms with E-state index in [1.807, 2.05) is 13.8 Å². The molecule has 0 saturated carbocycles. The third kappa shape index (κ3) is 11.4. The van der Waals surface area contributed by atoms with Gasteiger partial charge in [-0.2, -0.15) is 0 Å². The van der Waals surface area contributed by atoms with Crippen LogP contribution >= 0.6 is 0 Å². The van der Waals surface area contributed by atoms with Gasteiger partial charge < -0.3 is 24.1 Å². The second-order valence-electron chi connectivity index (χ2n) is 3.25. The van der Waals surface area contributed by atoms with Crippen LogP contribution in [0, 0.1) is 0 Å². The topological polar surface area (TPSA) is 74.2 Å². The zero-order valence-electron chi connectivity index (χ0n) is 10.5. The number of hydrogen-bond acceptors (Lipinski definition) is 5. The average Bonchev–Trinajstić information content (AvgIpc) is 2.30. The summed E-state index contributed by atoms with van der Waals surface area (Å²) in [6.07, 6.45) is -0.967. The first-order valence-electron chi connectivity index (χ1n) is 5.83. The lowest BCUT2D eigenvalue weighted by molar-refractivity contribution is -0.0413. The molecule has 0 spiro atoms. The molecule has 102 valence electrons. The van der Waals surface area contributed by atoms with Crippen LogP contribution in [-0.4, -0.2) is 57.0 Å². The molecule has 1 unspecified atom stereocenters. The summed E-state index contributed by atoms with van der Waals surface area (Å²) in [6.45, 7) is 6.54. The van der Waals surface area contributed by atoms with Gasteiger partial charge in [0.2, 0.25) is 0 Å². The van der Waals surface area contributed by atoms with Crippen LogP contribution in [0.2, 0.25) is 0 Å². The summed E-state index contributed by atoms with van der Waals surface area (Å²) in [5, 5.41) is 8.41. The highest BCUT2D eigenvalue weighted by Gasteiger charge is 2.11. The van der Waals surface area contributed by atoms with Gasteiger partial charge >= 0.3 is 6.16 Å². The van der Waals surface area contributed by atoms with E-state index < -0.39 is 6.16 Å². The highest BCUT2D eigenvalue weighted by atomic mass is 16.7. The van der Waals surface area contributed by atoms with Crippen molar-refractivity contribution in [2.75, 3.05) is 39.6 Å². The van der Waals surface area contributed by atoms with Crippen LogP contribution in [0.25, 0.3) is 0 Å². The summed E-state index contributed by atoms with van der Waals surface area (Å²) in [7, 11) is 0. The number of carboxylic acid groups (broad SMARTS) is 1. The highest BCUT2D eigenvalue weighted by molar-refractivity contribution is 5.56. The first kappa shape index (κ1) is 16.1. The molecule has 0 bridgehead atoms. The molecule has 0 aromatic heterocycles. The van der Waals surface area contributed by atoms with E-state index in [1.54, 1.807) is 0 Å². The van der Waals surface area contributed by atoms with Crippen molar-refractivity contribution in [3.63, 3.8) is 0 Å². The molecule has 0 aliphatic rings. The molecule has 0 aromatic rings. The molecule has 6 nitrogen and oxygen atoms in total. The Hall–Kier alpha value is -0.850. The molecule has 17 heavy (non-hydrogen) atoms. The van der Waals surface area contributed by atoms with Crippen molar-refractivity contribution in [1.82, 2.24) is 0 Å². The van der Waals surface area contributed by atoms with Gasteiger partial charge in [-0.25, -0.2) is 4.79 Å². The summed E-state index contributed by atoms with van der Waals surface area (Å²) in [6, 6.07) is 0. The lowest BCUT2D eigenvalue weighted by atomic mass is 10.3. The van der Waals surface area contributed by atoms with Crippen molar-refractivity contribution in [1.29, 1.82) is 0 Å². The van der Waals surface area contributed by atoms with Gasteiger partial charge in [0.05, 0.1) is 19.3 Å².